The molecule has 0 saturated heterocycles. The van der Waals surface area contributed by atoms with Crippen LogP contribution in [0.4, 0.5) is 0 Å². The van der Waals surface area contributed by atoms with Crippen LogP contribution in [0, 0.1) is 6.92 Å². The monoisotopic (exact) mass is 318 g/mol. The fourth-order valence-electron chi connectivity index (χ4n) is 0.563. The molecule has 0 aromatic heterocycles. The van der Waals surface area contributed by atoms with Crippen molar-refractivity contribution in [2.24, 2.45) is 0 Å². The summed E-state index contributed by atoms with van der Waals surface area (Å²) in [5, 5.41) is 8.92. The molecule has 1 aromatic rings. The molecule has 1 N–H and O–H groups in total. The van der Waals surface area contributed by atoms with Gasteiger partial charge in [0, 0.05) is 0 Å². The van der Waals surface area contributed by atoms with E-state index in [9.17, 15) is 0 Å². The van der Waals surface area contributed by atoms with E-state index in [1.807, 2.05) is 25.1 Å². The van der Waals surface area contributed by atoms with E-state index in [0.717, 1.165) is 5.56 Å². The number of phenols is 1. The molecule has 2 heteroatoms. The van der Waals surface area contributed by atoms with E-state index >= 15 is 0 Å². The van der Waals surface area contributed by atoms with E-state index in [0.29, 0.717) is 5.75 Å². The second-order valence-corrected chi connectivity index (χ2v) is 1.79. The first-order valence-electron chi connectivity index (χ1n) is 2.55. The fraction of sp³-hybridized carbons (Fsp3) is 0.143. The average Bonchev–Trinajstić information content (AvgIpc) is 1.77. The van der Waals surface area contributed by atoms with Crippen LogP contribution < -0.4 is 0 Å². The van der Waals surface area contributed by atoms with Gasteiger partial charge in [-0.15, -0.1) is 0 Å². The van der Waals surface area contributed by atoms with Gasteiger partial charge in [-0.25, -0.2) is 0 Å². The maximum absolute atomic E-state index is 8.92. The summed E-state index contributed by atoms with van der Waals surface area (Å²) in [4.78, 5) is 0. The molecule has 0 spiro atoms. The Bertz CT molecular complexity index is 165. The molecule has 0 fully saturated rings. The van der Waals surface area contributed by atoms with Gasteiger partial charge in [0.1, 0.15) is 5.75 Å². The van der Waals surface area contributed by atoms with E-state index in [1.165, 1.54) is 0 Å². The number of phenolic OH excluding ortho intramolecular Hbond substituents is 1. The molecule has 0 aliphatic rings. The maximum atomic E-state index is 8.92. The van der Waals surface area contributed by atoms with Crippen molar-refractivity contribution in [1.29, 1.82) is 0 Å². The van der Waals surface area contributed by atoms with Crippen LogP contribution in [-0.4, -0.2) is 32.4 Å². The first-order chi connectivity index (χ1) is 3.80. The summed E-state index contributed by atoms with van der Waals surface area (Å²) >= 11 is 0. The Labute approximate surface area is 74.9 Å². The minimum atomic E-state index is 0. The van der Waals surface area contributed by atoms with Gasteiger partial charge in [-0.2, -0.15) is 0 Å². The number of benzene rings is 1. The molecule has 0 bridgehead atoms. The second kappa shape index (κ2) is 3.87. The van der Waals surface area contributed by atoms with Crippen LogP contribution in [0.3, 0.4) is 0 Å². The predicted octanol–water partition coefficient (Wildman–Crippen LogP) is 0.784. The standard InChI is InChI=1S/C7H8O.Pb.2H/c1-6-4-2-3-5-7(6)8;;;/h2-5,8H,1H3;;;. The molecule has 0 heterocycles. The van der Waals surface area contributed by atoms with Gasteiger partial charge in [0.2, 0.25) is 0 Å². The quantitative estimate of drug-likeness (QED) is 0.702. The Balaban J connectivity index is 0.000000640. The van der Waals surface area contributed by atoms with Crippen molar-refractivity contribution >= 4 is 27.3 Å². The van der Waals surface area contributed by atoms with Gasteiger partial charge in [-0.3, -0.25) is 0 Å². The molecule has 0 unspecified atom stereocenters. The molecule has 1 aromatic carbocycles. The SMILES string of the molecule is Cc1ccccc1O.[PbH2]. The van der Waals surface area contributed by atoms with Crippen LogP contribution in [-0.2, 0) is 0 Å². The molecule has 0 atom stereocenters. The summed E-state index contributed by atoms with van der Waals surface area (Å²) < 4.78 is 0. The van der Waals surface area contributed by atoms with Crippen LogP contribution in [0.1, 0.15) is 5.56 Å². The van der Waals surface area contributed by atoms with Gasteiger partial charge in [0.15, 0.2) is 0 Å². The number of rotatable bonds is 0. The van der Waals surface area contributed by atoms with E-state index in [-0.39, 0.29) is 27.3 Å². The molecule has 0 amide bonds. The average molecular weight is 317 g/mol. The third-order valence-electron chi connectivity index (χ3n) is 1.12. The van der Waals surface area contributed by atoms with Crippen molar-refractivity contribution in [2.75, 3.05) is 0 Å². The van der Waals surface area contributed by atoms with Crippen LogP contribution in [0.25, 0.3) is 0 Å². The molecule has 9 heavy (non-hydrogen) atoms. The van der Waals surface area contributed by atoms with Crippen LogP contribution in [0.2, 0.25) is 0 Å². The Morgan fingerprint density at radius 1 is 1.22 bits per heavy atom. The minimum absolute atomic E-state index is 0. The molecule has 0 aliphatic heterocycles. The second-order valence-electron chi connectivity index (χ2n) is 1.79. The zero-order valence-electron chi connectivity index (χ0n) is 5.46. The molecule has 48 valence electrons. The summed E-state index contributed by atoms with van der Waals surface area (Å²) in [6, 6.07) is 7.25. The summed E-state index contributed by atoms with van der Waals surface area (Å²) in [6.45, 7) is 1.87. The summed E-state index contributed by atoms with van der Waals surface area (Å²) in [6.07, 6.45) is 0. The zero-order valence-corrected chi connectivity index (χ0v) is 11.0. The van der Waals surface area contributed by atoms with Crippen molar-refractivity contribution in [3.63, 3.8) is 0 Å². The number of para-hydroxylation sites is 1. The van der Waals surface area contributed by atoms with Crippen molar-refractivity contribution in [2.45, 2.75) is 6.92 Å². The molecule has 1 rings (SSSR count). The van der Waals surface area contributed by atoms with Gasteiger partial charge < -0.3 is 5.11 Å². The molecule has 0 saturated carbocycles. The molecule has 1 nitrogen and oxygen atoms in total. The van der Waals surface area contributed by atoms with Gasteiger partial charge in [-0.1, -0.05) is 18.2 Å². The Morgan fingerprint density at radius 2 is 1.78 bits per heavy atom. The number of hydrogen-bond donors (Lipinski definition) is 1. The Hall–Kier alpha value is -0.0579. The van der Waals surface area contributed by atoms with Crippen LogP contribution in [0.15, 0.2) is 24.3 Å². The number of aromatic hydroxyl groups is 1. The van der Waals surface area contributed by atoms with E-state index in [1.54, 1.807) is 6.07 Å². The van der Waals surface area contributed by atoms with Crippen molar-refractivity contribution in [3.8, 4) is 5.75 Å². The zero-order chi connectivity index (χ0) is 5.98. The first kappa shape index (κ1) is 8.94. The fourth-order valence-corrected chi connectivity index (χ4v) is 0.563. The van der Waals surface area contributed by atoms with Crippen LogP contribution >= 0.6 is 0 Å². The van der Waals surface area contributed by atoms with Gasteiger partial charge in [-0.05, 0) is 18.6 Å². The number of hydrogen-bond acceptors (Lipinski definition) is 1. The molecular weight excluding hydrogens is 307 g/mol. The summed E-state index contributed by atoms with van der Waals surface area (Å²) in [5.41, 5.74) is 0.924. The number of aryl methyl sites for hydroxylation is 1. The van der Waals surface area contributed by atoms with E-state index < -0.39 is 0 Å². The summed E-state index contributed by atoms with van der Waals surface area (Å²) in [7, 11) is 0. The molecule has 0 aliphatic carbocycles. The van der Waals surface area contributed by atoms with E-state index in [4.69, 9.17) is 5.11 Å². The van der Waals surface area contributed by atoms with Crippen LogP contribution in [0.5, 0.6) is 5.75 Å². The van der Waals surface area contributed by atoms with Gasteiger partial charge >= 0.3 is 27.3 Å². The van der Waals surface area contributed by atoms with Crippen molar-refractivity contribution in [3.05, 3.63) is 29.8 Å². The third kappa shape index (κ3) is 2.34. The normalized spacial score (nSPS) is 8.11. The topological polar surface area (TPSA) is 20.2 Å². The van der Waals surface area contributed by atoms with Crippen molar-refractivity contribution < 1.29 is 5.11 Å². The van der Waals surface area contributed by atoms with Crippen molar-refractivity contribution in [1.82, 2.24) is 0 Å². The Morgan fingerprint density at radius 3 is 2.11 bits per heavy atom. The summed E-state index contributed by atoms with van der Waals surface area (Å²) in [5.74, 6) is 0.368. The predicted molar refractivity (Wildman–Crippen MR) is 41.4 cm³/mol. The van der Waals surface area contributed by atoms with Gasteiger partial charge in [0.25, 0.3) is 0 Å². The Kier molecular flexibility index (Phi) is 3.85. The van der Waals surface area contributed by atoms with E-state index in [2.05, 4.69) is 0 Å². The molecular formula is C7H10OPb. The van der Waals surface area contributed by atoms with Gasteiger partial charge in [0.05, 0.1) is 0 Å². The third-order valence-corrected chi connectivity index (χ3v) is 1.12. The molecule has 2 radical (unpaired) electrons. The first-order valence-corrected chi connectivity index (χ1v) is 2.55.